The van der Waals surface area contributed by atoms with Gasteiger partial charge in [-0.15, -0.1) is 0 Å². The summed E-state index contributed by atoms with van der Waals surface area (Å²) >= 11 is 0. The van der Waals surface area contributed by atoms with Crippen LogP contribution in [0, 0.1) is 0 Å². The number of carbonyl (C=O) groups excluding carboxylic acids is 2. The number of fused-ring (bicyclic) bond motifs is 3. The minimum absolute atomic E-state index is 0.197. The third-order valence-corrected chi connectivity index (χ3v) is 7.04. The smallest absolute Gasteiger partial charge is 0.305 e. The van der Waals surface area contributed by atoms with Crippen molar-refractivity contribution in [3.05, 3.63) is 89.5 Å². The van der Waals surface area contributed by atoms with Crippen molar-refractivity contribution in [2.45, 2.75) is 32.1 Å². The molecule has 3 aromatic carbocycles. The molecule has 0 radical (unpaired) electrons. The number of hydrogen-bond acceptors (Lipinski definition) is 6. The zero-order valence-electron chi connectivity index (χ0n) is 21.7. The van der Waals surface area contributed by atoms with Crippen molar-refractivity contribution in [3.63, 3.8) is 0 Å². The second-order valence-electron chi connectivity index (χ2n) is 9.85. The first-order valence-electron chi connectivity index (χ1n) is 12.9. The van der Waals surface area contributed by atoms with Crippen LogP contribution in [0.3, 0.4) is 0 Å². The van der Waals surface area contributed by atoms with E-state index in [2.05, 4.69) is 15.6 Å². The molecule has 5 aromatic rings. The van der Waals surface area contributed by atoms with Crippen molar-refractivity contribution in [1.29, 1.82) is 0 Å². The molecule has 2 aromatic heterocycles. The van der Waals surface area contributed by atoms with Gasteiger partial charge in [0.25, 0.3) is 5.91 Å². The highest BCUT2D eigenvalue weighted by Crippen LogP contribution is 2.25. The van der Waals surface area contributed by atoms with Crippen LogP contribution in [0.1, 0.15) is 34.0 Å². The Balaban J connectivity index is 1.23. The number of likely N-dealkylation sites (N-methyl/N-ethyl adjacent to an activating group) is 1. The summed E-state index contributed by atoms with van der Waals surface area (Å²) in [6.45, 7) is 0.913. The van der Waals surface area contributed by atoms with Crippen LogP contribution >= 0.6 is 0 Å². The summed E-state index contributed by atoms with van der Waals surface area (Å²) in [6.07, 6.45) is -0.333. The van der Waals surface area contributed by atoms with Crippen LogP contribution < -0.4 is 10.6 Å². The molecule has 1 unspecified atom stereocenters. The Morgan fingerprint density at radius 3 is 2.62 bits per heavy atom. The molecule has 11 heteroatoms. The predicted octanol–water partition coefficient (Wildman–Crippen LogP) is 3.12. The summed E-state index contributed by atoms with van der Waals surface area (Å²) in [6, 6.07) is 19.9. The summed E-state index contributed by atoms with van der Waals surface area (Å²) in [5, 5.41) is 15.2. The average Bonchev–Trinajstić information content (AvgIpc) is 3.49. The molecule has 6 rings (SSSR count). The Labute approximate surface area is 228 Å². The fourth-order valence-corrected chi connectivity index (χ4v) is 5.10. The molecule has 1 aliphatic heterocycles. The minimum Gasteiger partial charge on any atom is -0.481 e. The van der Waals surface area contributed by atoms with E-state index in [1.165, 1.54) is 4.90 Å². The largest absolute Gasteiger partial charge is 0.481 e. The number of nitrogens with one attached hydrogen (secondary N) is 3. The van der Waals surface area contributed by atoms with Crippen molar-refractivity contribution < 1.29 is 19.5 Å². The molecule has 3 heterocycles. The maximum Gasteiger partial charge on any atom is 0.305 e. The number of carboxylic acid groups (broad SMARTS) is 1. The fraction of sp³-hybridized carbons (Fsp3) is 0.207. The van der Waals surface area contributed by atoms with Gasteiger partial charge in [0.05, 0.1) is 41.6 Å². The number of carboxylic acids is 1. The van der Waals surface area contributed by atoms with Gasteiger partial charge in [0, 0.05) is 24.8 Å². The van der Waals surface area contributed by atoms with E-state index in [4.69, 9.17) is 9.97 Å². The second-order valence-corrected chi connectivity index (χ2v) is 9.85. The van der Waals surface area contributed by atoms with Gasteiger partial charge in [-0.25, -0.2) is 9.97 Å². The third-order valence-electron chi connectivity index (χ3n) is 7.04. The molecule has 0 bridgehead atoms. The number of para-hydroxylation sites is 4. The standard InChI is InChI=1S/C29H27N7O4/c1-35-15-18-12-17(10-11-19(18)31-23(29(35)40)13-27(37)38)28(39)30-14-26-34-22-8-4-5-9-24(22)36(26)16-25-32-20-6-2-3-7-21(20)33-25/h2-12,23,31H,13-16H2,1H3,(H,30,39)(H,32,33)(H,37,38). The van der Waals surface area contributed by atoms with E-state index in [1.54, 1.807) is 25.2 Å². The zero-order chi connectivity index (χ0) is 27.8. The lowest BCUT2D eigenvalue weighted by molar-refractivity contribution is -0.141. The molecule has 11 nitrogen and oxygen atoms in total. The van der Waals surface area contributed by atoms with Crippen LogP contribution in [0.2, 0.25) is 0 Å². The van der Waals surface area contributed by atoms with Crippen LogP contribution in [-0.4, -0.2) is 60.4 Å². The Morgan fingerprint density at radius 2 is 1.82 bits per heavy atom. The van der Waals surface area contributed by atoms with Crippen LogP contribution in [0.15, 0.2) is 66.7 Å². The summed E-state index contributed by atoms with van der Waals surface area (Å²) in [4.78, 5) is 51.3. The number of aromatic amines is 1. The first-order valence-corrected chi connectivity index (χ1v) is 12.9. The van der Waals surface area contributed by atoms with Crippen molar-refractivity contribution in [3.8, 4) is 0 Å². The Morgan fingerprint density at radius 1 is 1.05 bits per heavy atom. The highest BCUT2D eigenvalue weighted by Gasteiger charge is 2.29. The first-order chi connectivity index (χ1) is 19.4. The van der Waals surface area contributed by atoms with Gasteiger partial charge in [-0.2, -0.15) is 0 Å². The monoisotopic (exact) mass is 537 g/mol. The Bertz CT molecular complexity index is 1740. The number of nitrogens with zero attached hydrogens (tertiary/aromatic N) is 4. The number of rotatable bonds is 7. The summed E-state index contributed by atoms with van der Waals surface area (Å²) < 4.78 is 2.04. The van der Waals surface area contributed by atoms with E-state index in [0.717, 1.165) is 33.5 Å². The number of imidazole rings is 2. The van der Waals surface area contributed by atoms with Gasteiger partial charge in [0.1, 0.15) is 17.7 Å². The molecule has 0 spiro atoms. The molecule has 1 aliphatic rings. The quantitative estimate of drug-likeness (QED) is 0.250. The van der Waals surface area contributed by atoms with Crippen LogP contribution in [0.5, 0.6) is 0 Å². The van der Waals surface area contributed by atoms with Crippen molar-refractivity contribution in [2.24, 2.45) is 0 Å². The average molecular weight is 538 g/mol. The normalized spacial score (nSPS) is 15.1. The van der Waals surface area contributed by atoms with Crippen LogP contribution in [0.25, 0.3) is 22.1 Å². The van der Waals surface area contributed by atoms with E-state index in [1.807, 2.05) is 53.1 Å². The fourth-order valence-electron chi connectivity index (χ4n) is 5.10. The number of hydrogen-bond donors (Lipinski definition) is 4. The van der Waals surface area contributed by atoms with E-state index in [0.29, 0.717) is 23.6 Å². The van der Waals surface area contributed by atoms with Gasteiger partial charge in [0.2, 0.25) is 5.91 Å². The van der Waals surface area contributed by atoms with Gasteiger partial charge in [-0.1, -0.05) is 24.3 Å². The predicted molar refractivity (Wildman–Crippen MR) is 149 cm³/mol. The number of anilines is 1. The molecule has 2 amide bonds. The highest BCUT2D eigenvalue weighted by atomic mass is 16.4. The third kappa shape index (κ3) is 4.84. The number of aliphatic carboxylic acids is 1. The molecule has 0 fully saturated rings. The number of carbonyl (C=O) groups is 3. The van der Waals surface area contributed by atoms with Crippen LogP contribution in [-0.2, 0) is 29.2 Å². The van der Waals surface area contributed by atoms with E-state index in [-0.39, 0.29) is 31.3 Å². The number of benzene rings is 3. The number of H-pyrrole nitrogens is 1. The molecule has 40 heavy (non-hydrogen) atoms. The number of aromatic nitrogens is 4. The van der Waals surface area contributed by atoms with E-state index in [9.17, 15) is 19.5 Å². The SMILES string of the molecule is CN1Cc2cc(C(=O)NCc3nc4ccccc4n3Cc3nc4ccccc4[nH]3)ccc2NC(CC(=O)O)C1=O. The molecule has 4 N–H and O–H groups in total. The molecule has 202 valence electrons. The van der Waals surface area contributed by atoms with Gasteiger partial charge in [-0.05, 0) is 48.0 Å². The van der Waals surface area contributed by atoms with Gasteiger partial charge < -0.3 is 30.2 Å². The second kappa shape index (κ2) is 10.2. The van der Waals surface area contributed by atoms with E-state index >= 15 is 0 Å². The maximum absolute atomic E-state index is 13.2. The molecular formula is C29H27N7O4. The van der Waals surface area contributed by atoms with E-state index < -0.39 is 12.0 Å². The van der Waals surface area contributed by atoms with Gasteiger partial charge >= 0.3 is 5.97 Å². The van der Waals surface area contributed by atoms with Crippen LogP contribution in [0.4, 0.5) is 5.69 Å². The van der Waals surface area contributed by atoms with Crippen molar-refractivity contribution >= 4 is 45.5 Å². The Kier molecular flexibility index (Phi) is 6.39. The van der Waals surface area contributed by atoms with Crippen molar-refractivity contribution in [1.82, 2.24) is 29.7 Å². The lowest BCUT2D eigenvalue weighted by Gasteiger charge is -2.19. The number of amides is 2. The molecular weight excluding hydrogens is 510 g/mol. The first kappa shape index (κ1) is 25.1. The molecule has 0 aliphatic carbocycles. The topological polar surface area (TPSA) is 145 Å². The zero-order valence-corrected chi connectivity index (χ0v) is 21.7. The lowest BCUT2D eigenvalue weighted by atomic mass is 10.1. The molecule has 0 saturated heterocycles. The summed E-state index contributed by atoms with van der Waals surface area (Å²) in [5.41, 5.74) is 5.39. The van der Waals surface area contributed by atoms with Crippen molar-refractivity contribution in [2.75, 3.05) is 12.4 Å². The Hall–Kier alpha value is -5.19. The molecule has 1 atom stereocenters. The molecule has 0 saturated carbocycles. The van der Waals surface area contributed by atoms with Gasteiger partial charge in [-0.3, -0.25) is 14.4 Å². The van der Waals surface area contributed by atoms with Gasteiger partial charge in [0.15, 0.2) is 0 Å². The maximum atomic E-state index is 13.2. The summed E-state index contributed by atoms with van der Waals surface area (Å²) in [7, 11) is 1.62. The minimum atomic E-state index is -1.06. The highest BCUT2D eigenvalue weighted by molar-refractivity contribution is 5.96. The summed E-state index contributed by atoms with van der Waals surface area (Å²) in [5.74, 6) is -0.188. The lowest BCUT2D eigenvalue weighted by Crippen LogP contribution is -2.39.